The zero-order chi connectivity index (χ0) is 24.7. The summed E-state index contributed by atoms with van der Waals surface area (Å²) in [6.07, 6.45) is -3.29. The second-order valence-corrected chi connectivity index (χ2v) is 8.17. The number of anilines is 1. The number of alkyl halides is 3. The highest BCUT2D eigenvalue weighted by atomic mass is 19.4. The first kappa shape index (κ1) is 23.2. The van der Waals surface area contributed by atoms with Crippen molar-refractivity contribution in [3.63, 3.8) is 0 Å². The summed E-state index contributed by atoms with van der Waals surface area (Å²) < 4.78 is 54.3. The number of carbonyl (C=O) groups is 2. The molecule has 1 aliphatic rings. The molecule has 6 nitrogen and oxygen atoms in total. The van der Waals surface area contributed by atoms with Gasteiger partial charge >= 0.3 is 12.4 Å². The van der Waals surface area contributed by atoms with E-state index in [-0.39, 0.29) is 18.0 Å². The summed E-state index contributed by atoms with van der Waals surface area (Å²) in [5, 5.41) is 0. The molecule has 0 saturated carbocycles. The molecule has 3 amide bonds. The zero-order valence-electron chi connectivity index (χ0n) is 18.1. The van der Waals surface area contributed by atoms with Gasteiger partial charge in [-0.15, -0.1) is 13.2 Å². The van der Waals surface area contributed by atoms with Gasteiger partial charge in [0.2, 0.25) is 0 Å². The Morgan fingerprint density at radius 1 is 0.971 bits per heavy atom. The number of rotatable bonds is 5. The fourth-order valence-electron chi connectivity index (χ4n) is 3.66. The van der Waals surface area contributed by atoms with Crippen LogP contribution in [0, 0.1) is 5.82 Å². The van der Waals surface area contributed by atoms with Crippen molar-refractivity contribution in [1.29, 1.82) is 0 Å². The lowest BCUT2D eigenvalue weighted by Gasteiger charge is -2.27. The molecule has 0 unspecified atom stereocenters. The van der Waals surface area contributed by atoms with Crippen molar-refractivity contribution < 1.29 is 31.9 Å². The molecule has 1 aromatic heterocycles. The summed E-state index contributed by atoms with van der Waals surface area (Å²) in [5.74, 6) is -1.35. The van der Waals surface area contributed by atoms with Gasteiger partial charge in [-0.05, 0) is 80.1 Å². The van der Waals surface area contributed by atoms with E-state index in [0.717, 1.165) is 17.0 Å². The molecule has 2 heterocycles. The average molecular weight is 473 g/mol. The van der Waals surface area contributed by atoms with Gasteiger partial charge in [0.1, 0.15) is 17.1 Å². The largest absolute Gasteiger partial charge is 0.573 e. The van der Waals surface area contributed by atoms with E-state index in [9.17, 15) is 27.2 Å². The standard InChI is InChI=1S/C24H19F4N3O3/c1-23(2)21(32)31(18-7-9-19(10-8-18)34-24(26,27)28)22(33)30(23)14-15-11-12-29-20(13-15)16-3-5-17(25)6-4-16/h3-13H,14H2,1-2H3. The van der Waals surface area contributed by atoms with Gasteiger partial charge in [0, 0.05) is 18.3 Å². The second kappa shape index (κ2) is 8.44. The molecule has 0 N–H and O–H groups in total. The first-order chi connectivity index (χ1) is 16.0. The maximum Gasteiger partial charge on any atom is 0.573 e. The highest BCUT2D eigenvalue weighted by molar-refractivity contribution is 6.22. The number of imide groups is 1. The predicted molar refractivity (Wildman–Crippen MR) is 115 cm³/mol. The lowest BCUT2D eigenvalue weighted by atomic mass is 10.0. The third kappa shape index (κ3) is 4.57. The second-order valence-electron chi connectivity index (χ2n) is 8.17. The van der Waals surface area contributed by atoms with Gasteiger partial charge in [-0.2, -0.15) is 0 Å². The summed E-state index contributed by atoms with van der Waals surface area (Å²) in [6.45, 7) is 3.27. The molecule has 0 spiro atoms. The molecule has 0 aliphatic carbocycles. The van der Waals surface area contributed by atoms with Crippen molar-refractivity contribution in [3.05, 3.63) is 78.2 Å². The van der Waals surface area contributed by atoms with Gasteiger partial charge in [-0.25, -0.2) is 14.1 Å². The van der Waals surface area contributed by atoms with Gasteiger partial charge < -0.3 is 9.64 Å². The van der Waals surface area contributed by atoms with E-state index in [1.165, 1.54) is 29.2 Å². The Balaban J connectivity index is 1.58. The maximum atomic E-state index is 13.2. The highest BCUT2D eigenvalue weighted by Crippen LogP contribution is 2.35. The van der Waals surface area contributed by atoms with Gasteiger partial charge in [0.25, 0.3) is 5.91 Å². The minimum atomic E-state index is -4.85. The summed E-state index contributed by atoms with van der Waals surface area (Å²) in [4.78, 5) is 32.9. The Kier molecular flexibility index (Phi) is 5.76. The van der Waals surface area contributed by atoms with Crippen LogP contribution in [0.1, 0.15) is 19.4 Å². The summed E-state index contributed by atoms with van der Waals surface area (Å²) in [7, 11) is 0. The Bertz CT molecular complexity index is 1230. The Hall–Kier alpha value is -3.95. The normalized spacial score (nSPS) is 15.7. The SMILES string of the molecule is CC1(C)C(=O)N(c2ccc(OC(F)(F)F)cc2)C(=O)N1Cc1ccnc(-c2ccc(F)cc2)c1. The molecule has 1 saturated heterocycles. The molecular formula is C24H19F4N3O3. The van der Waals surface area contributed by atoms with E-state index in [1.54, 1.807) is 44.3 Å². The minimum Gasteiger partial charge on any atom is -0.406 e. The maximum absolute atomic E-state index is 13.2. The van der Waals surface area contributed by atoms with Crippen LogP contribution in [0.2, 0.25) is 0 Å². The molecule has 2 aromatic carbocycles. The number of halogens is 4. The van der Waals surface area contributed by atoms with Crippen LogP contribution < -0.4 is 9.64 Å². The van der Waals surface area contributed by atoms with E-state index in [4.69, 9.17) is 0 Å². The molecule has 10 heteroatoms. The molecule has 1 fully saturated rings. The van der Waals surface area contributed by atoms with Crippen molar-refractivity contribution in [2.45, 2.75) is 32.3 Å². The number of carbonyl (C=O) groups excluding carboxylic acids is 2. The predicted octanol–water partition coefficient (Wildman–Crippen LogP) is 5.53. The molecule has 34 heavy (non-hydrogen) atoms. The smallest absolute Gasteiger partial charge is 0.406 e. The minimum absolute atomic E-state index is 0.0834. The van der Waals surface area contributed by atoms with Crippen LogP contribution in [0.25, 0.3) is 11.3 Å². The van der Waals surface area contributed by atoms with Crippen LogP contribution in [0.5, 0.6) is 5.75 Å². The summed E-state index contributed by atoms with van der Waals surface area (Å²) in [6, 6.07) is 13.2. The fourth-order valence-corrected chi connectivity index (χ4v) is 3.66. The molecular weight excluding hydrogens is 454 g/mol. The highest BCUT2D eigenvalue weighted by Gasteiger charge is 2.51. The average Bonchev–Trinajstić information content (AvgIpc) is 2.93. The first-order valence-electron chi connectivity index (χ1n) is 10.2. The Morgan fingerprint density at radius 2 is 1.62 bits per heavy atom. The van der Waals surface area contributed by atoms with E-state index >= 15 is 0 Å². The van der Waals surface area contributed by atoms with E-state index < -0.39 is 29.6 Å². The lowest BCUT2D eigenvalue weighted by molar-refractivity contribution is -0.274. The van der Waals surface area contributed by atoms with Crippen LogP contribution in [0.3, 0.4) is 0 Å². The van der Waals surface area contributed by atoms with Gasteiger partial charge in [0.15, 0.2) is 0 Å². The van der Waals surface area contributed by atoms with Crippen LogP contribution in [0.15, 0.2) is 66.9 Å². The summed E-state index contributed by atoms with van der Waals surface area (Å²) in [5.41, 5.74) is 0.873. The van der Waals surface area contributed by atoms with Gasteiger partial charge in [0.05, 0.1) is 11.4 Å². The fraction of sp³-hybridized carbons (Fsp3) is 0.208. The molecule has 0 radical (unpaired) electrons. The molecule has 3 aromatic rings. The van der Waals surface area contributed by atoms with E-state index in [2.05, 4.69) is 9.72 Å². The number of nitrogens with zero attached hydrogens (tertiary/aromatic N) is 3. The van der Waals surface area contributed by atoms with Crippen molar-refractivity contribution in [2.24, 2.45) is 0 Å². The van der Waals surface area contributed by atoms with Crippen LogP contribution in [0.4, 0.5) is 28.0 Å². The number of amides is 3. The Labute approximate surface area is 192 Å². The number of hydrogen-bond donors (Lipinski definition) is 0. The molecule has 1 aliphatic heterocycles. The van der Waals surface area contributed by atoms with E-state index in [1.807, 2.05) is 0 Å². The molecule has 4 rings (SSSR count). The Morgan fingerprint density at radius 3 is 2.24 bits per heavy atom. The molecule has 0 bridgehead atoms. The molecule has 176 valence electrons. The van der Waals surface area contributed by atoms with Crippen LogP contribution in [-0.4, -0.2) is 33.7 Å². The number of urea groups is 1. The monoisotopic (exact) mass is 473 g/mol. The quantitative estimate of drug-likeness (QED) is 0.361. The van der Waals surface area contributed by atoms with Crippen LogP contribution in [-0.2, 0) is 11.3 Å². The lowest BCUT2D eigenvalue weighted by Crippen LogP contribution is -2.43. The number of benzene rings is 2. The number of ether oxygens (including phenoxy) is 1. The number of pyridine rings is 1. The van der Waals surface area contributed by atoms with Crippen molar-refractivity contribution in [1.82, 2.24) is 9.88 Å². The van der Waals surface area contributed by atoms with Gasteiger partial charge in [-0.3, -0.25) is 9.78 Å². The van der Waals surface area contributed by atoms with Crippen LogP contribution >= 0.6 is 0 Å². The number of aromatic nitrogens is 1. The molecule has 0 atom stereocenters. The van der Waals surface area contributed by atoms with Crippen molar-refractivity contribution >= 4 is 17.6 Å². The zero-order valence-corrected chi connectivity index (χ0v) is 18.1. The first-order valence-corrected chi connectivity index (χ1v) is 10.2. The van der Waals surface area contributed by atoms with Crippen molar-refractivity contribution in [2.75, 3.05) is 4.90 Å². The number of hydrogen-bond acceptors (Lipinski definition) is 4. The van der Waals surface area contributed by atoms with Crippen molar-refractivity contribution in [3.8, 4) is 17.0 Å². The van der Waals surface area contributed by atoms with Gasteiger partial charge in [-0.1, -0.05) is 0 Å². The third-order valence-corrected chi connectivity index (χ3v) is 5.46. The summed E-state index contributed by atoms with van der Waals surface area (Å²) >= 11 is 0. The third-order valence-electron chi connectivity index (χ3n) is 5.46. The van der Waals surface area contributed by atoms with E-state index in [0.29, 0.717) is 16.8 Å². The topological polar surface area (TPSA) is 62.7 Å².